The molecular weight excluding hydrogens is 486 g/mol. The molecule has 1 aromatic heterocycles. The van der Waals surface area contributed by atoms with Crippen LogP contribution in [0.3, 0.4) is 0 Å². The number of carbonyl (C=O) groups is 3. The summed E-state index contributed by atoms with van der Waals surface area (Å²) in [6.07, 6.45) is 3.39. The van der Waals surface area contributed by atoms with E-state index < -0.39 is 0 Å². The van der Waals surface area contributed by atoms with Gasteiger partial charge in [0.25, 0.3) is 11.1 Å². The molecule has 186 valence electrons. The number of benzene rings is 3. The van der Waals surface area contributed by atoms with Gasteiger partial charge in [0.2, 0.25) is 0 Å². The Hall–Kier alpha value is -4.10. The van der Waals surface area contributed by atoms with Gasteiger partial charge in [-0.15, -0.1) is 0 Å². The second-order valence-electron chi connectivity index (χ2n) is 8.67. The van der Waals surface area contributed by atoms with Crippen LogP contribution in [0.5, 0.6) is 0 Å². The molecule has 0 atom stereocenters. The number of imide groups is 1. The Morgan fingerprint density at radius 3 is 2.57 bits per heavy atom. The Labute approximate surface area is 218 Å². The summed E-state index contributed by atoms with van der Waals surface area (Å²) >= 11 is 0.907. The topological polar surface area (TPSA) is 76.8 Å². The number of hydrogen-bond donors (Lipinski definition) is 0. The number of fused-ring (bicyclic) bond motifs is 1. The van der Waals surface area contributed by atoms with Crippen molar-refractivity contribution in [3.8, 4) is 11.3 Å². The quantitative estimate of drug-likeness (QED) is 0.140. The molecular formula is C30H25NO5S. The lowest BCUT2D eigenvalue weighted by molar-refractivity contribution is -0.123. The van der Waals surface area contributed by atoms with Crippen molar-refractivity contribution < 1.29 is 23.5 Å². The van der Waals surface area contributed by atoms with Crippen LogP contribution in [0.15, 0.2) is 88.2 Å². The molecule has 0 spiro atoms. The number of esters is 1. The first-order chi connectivity index (χ1) is 18.0. The van der Waals surface area contributed by atoms with Crippen molar-refractivity contribution in [2.75, 3.05) is 6.61 Å². The monoisotopic (exact) mass is 511 g/mol. The minimum atomic E-state index is -0.348. The molecule has 4 aromatic rings. The molecule has 5 rings (SSSR count). The lowest BCUT2D eigenvalue weighted by atomic mass is 10.0. The summed E-state index contributed by atoms with van der Waals surface area (Å²) in [7, 11) is 0. The number of thioether (sulfide) groups is 1. The fraction of sp³-hybridized carbons (Fsp3) is 0.167. The van der Waals surface area contributed by atoms with Crippen molar-refractivity contribution in [2.24, 2.45) is 0 Å². The Morgan fingerprint density at radius 1 is 0.973 bits per heavy atom. The average molecular weight is 512 g/mol. The molecule has 37 heavy (non-hydrogen) atoms. The van der Waals surface area contributed by atoms with Crippen LogP contribution in [0.2, 0.25) is 0 Å². The molecule has 0 N–H and O–H groups in total. The molecule has 0 radical (unpaired) electrons. The maximum Gasteiger partial charge on any atom is 0.338 e. The molecule has 7 heteroatoms. The SMILES string of the molecule is CCCCOC(=O)c1ccc(-c2ccc(/C=C3\SC(=O)N(Cc4cccc5ccccc45)C3=O)o2)cc1. The van der Waals surface area contributed by atoms with E-state index in [1.807, 2.05) is 49.4 Å². The van der Waals surface area contributed by atoms with Crippen LogP contribution >= 0.6 is 11.8 Å². The summed E-state index contributed by atoms with van der Waals surface area (Å²) in [5.74, 6) is 0.368. The number of hydrogen-bond acceptors (Lipinski definition) is 6. The molecule has 2 amide bonds. The molecule has 1 fully saturated rings. The van der Waals surface area contributed by atoms with Crippen LogP contribution in [-0.2, 0) is 16.1 Å². The van der Waals surface area contributed by atoms with Gasteiger partial charge in [-0.2, -0.15) is 0 Å². The van der Waals surface area contributed by atoms with Crippen molar-refractivity contribution >= 4 is 45.7 Å². The minimum Gasteiger partial charge on any atom is -0.462 e. The standard InChI is InChI=1S/C30H25NO5S/c1-2-3-17-35-29(33)22-13-11-21(12-14-22)26-16-15-24(36-26)18-27-28(32)31(30(34)37-27)19-23-9-6-8-20-7-4-5-10-25(20)23/h4-16,18H,2-3,17,19H2,1H3/b27-18-. The van der Waals surface area contributed by atoms with Crippen LogP contribution in [0.25, 0.3) is 28.2 Å². The Kier molecular flexibility index (Phi) is 7.23. The second kappa shape index (κ2) is 10.9. The van der Waals surface area contributed by atoms with E-state index in [9.17, 15) is 14.4 Å². The highest BCUT2D eigenvalue weighted by molar-refractivity contribution is 8.18. The third-order valence-corrected chi connectivity index (χ3v) is 7.03. The van der Waals surface area contributed by atoms with E-state index in [1.165, 1.54) is 4.90 Å². The first-order valence-corrected chi connectivity index (χ1v) is 12.9. The van der Waals surface area contributed by atoms with Gasteiger partial charge in [0.05, 0.1) is 23.6 Å². The van der Waals surface area contributed by atoms with Crippen molar-refractivity contribution in [3.05, 3.63) is 101 Å². The van der Waals surface area contributed by atoms with Crippen molar-refractivity contribution in [3.63, 3.8) is 0 Å². The van der Waals surface area contributed by atoms with E-state index >= 15 is 0 Å². The first-order valence-electron chi connectivity index (χ1n) is 12.1. The zero-order valence-electron chi connectivity index (χ0n) is 20.3. The summed E-state index contributed by atoms with van der Waals surface area (Å²) in [6, 6.07) is 24.3. The van der Waals surface area contributed by atoms with E-state index in [1.54, 1.807) is 42.5 Å². The zero-order valence-corrected chi connectivity index (χ0v) is 21.1. The van der Waals surface area contributed by atoms with E-state index in [0.717, 1.165) is 46.5 Å². The van der Waals surface area contributed by atoms with Crippen LogP contribution in [0.1, 0.15) is 41.4 Å². The van der Waals surface area contributed by atoms with Crippen molar-refractivity contribution in [2.45, 2.75) is 26.3 Å². The summed E-state index contributed by atoms with van der Waals surface area (Å²) < 4.78 is 11.2. The number of unbranched alkanes of at least 4 members (excludes halogenated alkanes) is 1. The highest BCUT2D eigenvalue weighted by Gasteiger charge is 2.35. The van der Waals surface area contributed by atoms with Crippen LogP contribution in [0, 0.1) is 0 Å². The van der Waals surface area contributed by atoms with Gasteiger partial charge in [0.15, 0.2) is 0 Å². The fourth-order valence-corrected chi connectivity index (χ4v) is 4.93. The van der Waals surface area contributed by atoms with Gasteiger partial charge < -0.3 is 9.15 Å². The van der Waals surface area contributed by atoms with Gasteiger partial charge in [0, 0.05) is 11.6 Å². The highest BCUT2D eigenvalue weighted by atomic mass is 32.2. The minimum absolute atomic E-state index is 0.208. The zero-order chi connectivity index (χ0) is 25.8. The molecule has 0 bridgehead atoms. The fourth-order valence-electron chi connectivity index (χ4n) is 4.11. The number of amides is 2. The van der Waals surface area contributed by atoms with Crippen LogP contribution < -0.4 is 0 Å². The summed E-state index contributed by atoms with van der Waals surface area (Å²) in [5.41, 5.74) is 2.18. The predicted octanol–water partition coefficient (Wildman–Crippen LogP) is 7.29. The lowest BCUT2D eigenvalue weighted by Gasteiger charge is -2.14. The number of rotatable bonds is 8. The van der Waals surface area contributed by atoms with Crippen molar-refractivity contribution in [1.29, 1.82) is 0 Å². The smallest absolute Gasteiger partial charge is 0.338 e. The molecule has 0 aliphatic carbocycles. The van der Waals surface area contributed by atoms with E-state index in [2.05, 4.69) is 0 Å². The lowest BCUT2D eigenvalue weighted by Crippen LogP contribution is -2.27. The normalized spacial score (nSPS) is 14.6. The number of carbonyl (C=O) groups excluding carboxylic acids is 3. The third-order valence-electron chi connectivity index (χ3n) is 6.12. The summed E-state index contributed by atoms with van der Waals surface area (Å²) in [5, 5.41) is 1.77. The van der Waals surface area contributed by atoms with Gasteiger partial charge in [-0.1, -0.05) is 67.9 Å². The van der Waals surface area contributed by atoms with Crippen LogP contribution in [-0.4, -0.2) is 28.6 Å². The van der Waals surface area contributed by atoms with Gasteiger partial charge in [-0.25, -0.2) is 4.79 Å². The molecule has 2 heterocycles. The van der Waals surface area contributed by atoms with Gasteiger partial charge in [-0.3, -0.25) is 14.5 Å². The third kappa shape index (κ3) is 5.37. The molecule has 1 aliphatic heterocycles. The maximum atomic E-state index is 13.1. The average Bonchev–Trinajstić information content (AvgIpc) is 3.49. The number of furan rings is 1. The highest BCUT2D eigenvalue weighted by Crippen LogP contribution is 2.35. The first kappa shape index (κ1) is 24.6. The van der Waals surface area contributed by atoms with E-state index in [-0.39, 0.29) is 23.7 Å². The molecule has 3 aromatic carbocycles. The molecule has 0 unspecified atom stereocenters. The molecule has 0 saturated carbocycles. The van der Waals surface area contributed by atoms with Crippen molar-refractivity contribution in [1.82, 2.24) is 4.90 Å². The van der Waals surface area contributed by atoms with Gasteiger partial charge in [0.1, 0.15) is 11.5 Å². The molecule has 1 saturated heterocycles. The second-order valence-corrected chi connectivity index (χ2v) is 9.67. The molecule has 1 aliphatic rings. The largest absolute Gasteiger partial charge is 0.462 e. The predicted molar refractivity (Wildman–Crippen MR) is 145 cm³/mol. The summed E-state index contributed by atoms with van der Waals surface area (Å²) in [6.45, 7) is 2.66. The Morgan fingerprint density at radius 2 is 1.76 bits per heavy atom. The Bertz CT molecular complexity index is 1500. The maximum absolute atomic E-state index is 13.1. The van der Waals surface area contributed by atoms with E-state index in [0.29, 0.717) is 28.6 Å². The van der Waals surface area contributed by atoms with E-state index in [4.69, 9.17) is 9.15 Å². The summed E-state index contributed by atoms with van der Waals surface area (Å²) in [4.78, 5) is 39.4. The Balaban J connectivity index is 1.29. The number of ether oxygens (including phenoxy) is 1. The number of nitrogens with zero attached hydrogens (tertiary/aromatic N) is 1. The van der Waals surface area contributed by atoms with Crippen LogP contribution in [0.4, 0.5) is 4.79 Å². The molecule has 6 nitrogen and oxygen atoms in total. The van der Waals surface area contributed by atoms with Gasteiger partial charge in [-0.05, 0) is 58.8 Å². The van der Waals surface area contributed by atoms with Gasteiger partial charge >= 0.3 is 5.97 Å².